The monoisotopic (exact) mass is 195 g/mol. The number of hydrogen-bond donors (Lipinski definition) is 2. The first kappa shape index (κ1) is 10.3. The Labute approximate surface area is 79.9 Å². The van der Waals surface area contributed by atoms with Crippen molar-refractivity contribution in [3.05, 3.63) is 23.8 Å². The van der Waals surface area contributed by atoms with E-state index < -0.39 is 12.0 Å². The normalized spacial score (nSPS) is 17.9. The van der Waals surface area contributed by atoms with Crippen LogP contribution in [0.25, 0.3) is 0 Å². The van der Waals surface area contributed by atoms with E-state index in [1.807, 2.05) is 0 Å². The van der Waals surface area contributed by atoms with Gasteiger partial charge in [-0.25, -0.2) is 0 Å². The molecule has 5 heteroatoms. The smallest absolute Gasteiger partial charge is 0.320 e. The molecule has 5 nitrogen and oxygen atoms in total. The van der Waals surface area contributed by atoms with Crippen molar-refractivity contribution in [2.24, 2.45) is 5.73 Å². The van der Waals surface area contributed by atoms with Gasteiger partial charge in [-0.15, -0.1) is 0 Å². The van der Waals surface area contributed by atoms with Crippen molar-refractivity contribution < 1.29 is 19.5 Å². The van der Waals surface area contributed by atoms with Gasteiger partial charge in [0.2, 0.25) is 0 Å². The van der Waals surface area contributed by atoms with Crippen LogP contribution in [0.2, 0.25) is 0 Å². The van der Waals surface area contributed by atoms with Crippen molar-refractivity contribution in [1.82, 2.24) is 0 Å². The van der Waals surface area contributed by atoms with Crippen LogP contribution >= 0.6 is 0 Å². The summed E-state index contributed by atoms with van der Waals surface area (Å²) in [5.41, 5.74) is 5.37. The highest BCUT2D eigenvalue weighted by Gasteiger charge is 2.19. The summed E-state index contributed by atoms with van der Waals surface area (Å²) in [5, 5.41) is 8.50. The number of aliphatic carboxylic acids is 1. The van der Waals surface area contributed by atoms with E-state index in [4.69, 9.17) is 10.8 Å². The van der Waals surface area contributed by atoms with E-state index in [0.717, 1.165) is 18.2 Å². The second-order valence-corrected chi connectivity index (χ2v) is 2.92. The molecule has 0 heterocycles. The fourth-order valence-electron chi connectivity index (χ4n) is 1.04. The molecule has 1 aliphatic carbocycles. The van der Waals surface area contributed by atoms with Crippen LogP contribution in [-0.4, -0.2) is 28.7 Å². The lowest BCUT2D eigenvalue weighted by Gasteiger charge is -2.09. The van der Waals surface area contributed by atoms with Gasteiger partial charge < -0.3 is 10.8 Å². The van der Waals surface area contributed by atoms with Crippen molar-refractivity contribution in [1.29, 1.82) is 0 Å². The summed E-state index contributed by atoms with van der Waals surface area (Å²) in [6.07, 6.45) is 3.25. The topological polar surface area (TPSA) is 97.5 Å². The maximum Gasteiger partial charge on any atom is 0.320 e. The molecule has 0 unspecified atom stereocenters. The van der Waals surface area contributed by atoms with Crippen molar-refractivity contribution in [2.45, 2.75) is 12.5 Å². The molecule has 1 rings (SSSR count). The van der Waals surface area contributed by atoms with Gasteiger partial charge in [-0.2, -0.15) is 0 Å². The van der Waals surface area contributed by atoms with Crippen LogP contribution in [0.4, 0.5) is 0 Å². The third kappa shape index (κ3) is 2.37. The number of rotatable bonds is 3. The number of allylic oxidation sites excluding steroid dienone is 3. The molecule has 0 aliphatic heterocycles. The zero-order chi connectivity index (χ0) is 10.7. The lowest BCUT2D eigenvalue weighted by molar-refractivity contribution is -0.138. The van der Waals surface area contributed by atoms with Crippen LogP contribution in [0.1, 0.15) is 6.42 Å². The van der Waals surface area contributed by atoms with Crippen molar-refractivity contribution >= 4 is 17.5 Å². The number of nitrogens with two attached hydrogens (primary N) is 1. The maximum absolute atomic E-state index is 11.1. The minimum absolute atomic E-state index is 0.121. The molecule has 74 valence electrons. The zero-order valence-corrected chi connectivity index (χ0v) is 7.27. The summed E-state index contributed by atoms with van der Waals surface area (Å²) in [6.45, 7) is 0. The summed E-state index contributed by atoms with van der Waals surface area (Å²) in [5.74, 6) is -1.88. The molecule has 0 spiro atoms. The van der Waals surface area contributed by atoms with E-state index in [9.17, 15) is 14.4 Å². The summed E-state index contributed by atoms with van der Waals surface area (Å²) >= 11 is 0. The molecule has 0 radical (unpaired) electrons. The van der Waals surface area contributed by atoms with E-state index >= 15 is 0 Å². The van der Waals surface area contributed by atoms with E-state index in [1.54, 1.807) is 0 Å². The quantitative estimate of drug-likeness (QED) is 0.587. The van der Waals surface area contributed by atoms with Gasteiger partial charge in [0, 0.05) is 12.0 Å². The van der Waals surface area contributed by atoms with Crippen molar-refractivity contribution in [2.75, 3.05) is 0 Å². The Morgan fingerprint density at radius 1 is 1.43 bits per heavy atom. The molecule has 3 N–H and O–H groups in total. The summed E-state index contributed by atoms with van der Waals surface area (Å²) in [6, 6.07) is -1.15. The highest BCUT2D eigenvalue weighted by atomic mass is 16.4. The molecule has 0 bridgehead atoms. The second kappa shape index (κ2) is 3.97. The average Bonchev–Trinajstić information content (AvgIpc) is 2.11. The zero-order valence-electron chi connectivity index (χ0n) is 7.27. The minimum Gasteiger partial charge on any atom is -0.480 e. The Balaban J connectivity index is 2.73. The van der Waals surface area contributed by atoms with Gasteiger partial charge in [0.05, 0.1) is 0 Å². The average molecular weight is 195 g/mol. The third-order valence-electron chi connectivity index (χ3n) is 1.79. The molecule has 0 fully saturated rings. The van der Waals surface area contributed by atoms with Crippen LogP contribution in [0.3, 0.4) is 0 Å². The first-order valence-electron chi connectivity index (χ1n) is 3.96. The lowest BCUT2D eigenvalue weighted by Crippen LogP contribution is -2.31. The number of carbonyl (C=O) groups excluding carboxylic acids is 2. The van der Waals surface area contributed by atoms with E-state index in [0.29, 0.717) is 0 Å². The molecule has 0 saturated heterocycles. The van der Waals surface area contributed by atoms with E-state index in [1.165, 1.54) is 0 Å². The SMILES string of the molecule is N[C@@H](CC1=CC(=O)C=CC1=O)C(=O)O. The fraction of sp³-hybridized carbons (Fsp3) is 0.222. The Hall–Kier alpha value is -1.75. The predicted octanol–water partition coefficient (Wildman–Crippen LogP) is -0.577. The van der Waals surface area contributed by atoms with Gasteiger partial charge in [0.1, 0.15) is 6.04 Å². The van der Waals surface area contributed by atoms with Crippen molar-refractivity contribution in [3.8, 4) is 0 Å². The van der Waals surface area contributed by atoms with Gasteiger partial charge in [-0.1, -0.05) is 0 Å². The third-order valence-corrected chi connectivity index (χ3v) is 1.79. The largest absolute Gasteiger partial charge is 0.480 e. The summed E-state index contributed by atoms with van der Waals surface area (Å²) < 4.78 is 0. The summed E-state index contributed by atoms with van der Waals surface area (Å²) in [4.78, 5) is 32.4. The number of carboxylic acids is 1. The van der Waals surface area contributed by atoms with E-state index in [2.05, 4.69) is 0 Å². The Morgan fingerprint density at radius 2 is 2.07 bits per heavy atom. The highest BCUT2D eigenvalue weighted by Crippen LogP contribution is 2.11. The number of carboxylic acid groups (broad SMARTS) is 1. The minimum atomic E-state index is -1.19. The fourth-order valence-corrected chi connectivity index (χ4v) is 1.04. The van der Waals surface area contributed by atoms with Gasteiger partial charge in [0.15, 0.2) is 11.6 Å². The standard InChI is InChI=1S/C9H9NO4/c10-7(9(13)14)4-5-3-6(11)1-2-8(5)12/h1-3,7H,4,10H2,(H,13,14)/t7-/m0/s1. The Kier molecular flexibility index (Phi) is 2.93. The number of ketones is 2. The molecule has 1 aliphatic rings. The molecular formula is C9H9NO4. The lowest BCUT2D eigenvalue weighted by atomic mass is 9.97. The van der Waals surface area contributed by atoms with E-state index in [-0.39, 0.29) is 23.6 Å². The molecule has 1 atom stereocenters. The molecule has 0 aromatic heterocycles. The molecule has 0 saturated carbocycles. The van der Waals surface area contributed by atoms with Crippen LogP contribution in [0.15, 0.2) is 23.8 Å². The first-order valence-corrected chi connectivity index (χ1v) is 3.96. The van der Waals surface area contributed by atoms with Gasteiger partial charge in [-0.05, 0) is 18.2 Å². The first-order chi connectivity index (χ1) is 6.50. The van der Waals surface area contributed by atoms with Crippen LogP contribution in [0, 0.1) is 0 Å². The van der Waals surface area contributed by atoms with Gasteiger partial charge in [-0.3, -0.25) is 14.4 Å². The molecular weight excluding hydrogens is 186 g/mol. The number of hydrogen-bond acceptors (Lipinski definition) is 4. The molecule has 0 amide bonds. The highest BCUT2D eigenvalue weighted by molar-refractivity contribution is 6.17. The Morgan fingerprint density at radius 3 is 2.64 bits per heavy atom. The Bertz CT molecular complexity index is 354. The second-order valence-electron chi connectivity index (χ2n) is 2.92. The molecule has 0 aromatic carbocycles. The van der Waals surface area contributed by atoms with Crippen LogP contribution < -0.4 is 5.73 Å². The summed E-state index contributed by atoms with van der Waals surface area (Å²) in [7, 11) is 0. The van der Waals surface area contributed by atoms with Crippen LogP contribution in [0.5, 0.6) is 0 Å². The van der Waals surface area contributed by atoms with Crippen LogP contribution in [-0.2, 0) is 14.4 Å². The maximum atomic E-state index is 11.1. The molecule has 0 aromatic rings. The van der Waals surface area contributed by atoms with Gasteiger partial charge >= 0.3 is 5.97 Å². The molecule has 14 heavy (non-hydrogen) atoms. The van der Waals surface area contributed by atoms with Crippen molar-refractivity contribution in [3.63, 3.8) is 0 Å². The predicted molar refractivity (Wildman–Crippen MR) is 47.5 cm³/mol. The number of carbonyl (C=O) groups is 3. The van der Waals surface area contributed by atoms with Gasteiger partial charge in [0.25, 0.3) is 0 Å².